The number of benzene rings is 1. The second-order valence-electron chi connectivity index (χ2n) is 6.17. The van der Waals surface area contributed by atoms with Gasteiger partial charge in [0.1, 0.15) is 0 Å². The lowest BCUT2D eigenvalue weighted by Gasteiger charge is -2.20. The number of nitrogens with zero attached hydrogens (tertiary/aromatic N) is 1. The van der Waals surface area contributed by atoms with Crippen molar-refractivity contribution < 1.29 is 14.3 Å². The molecule has 1 N–H and O–H groups in total. The van der Waals surface area contributed by atoms with E-state index in [1.165, 1.54) is 0 Å². The van der Waals surface area contributed by atoms with Crippen LogP contribution in [0, 0.1) is 12.8 Å². The van der Waals surface area contributed by atoms with E-state index in [2.05, 4.69) is 5.32 Å². The first-order valence-electron chi connectivity index (χ1n) is 8.01. The van der Waals surface area contributed by atoms with Crippen LogP contribution >= 0.6 is 11.6 Å². The van der Waals surface area contributed by atoms with E-state index in [1.54, 1.807) is 11.0 Å². The van der Waals surface area contributed by atoms with Gasteiger partial charge in [0.15, 0.2) is 0 Å². The van der Waals surface area contributed by atoms with Crippen LogP contribution in [0.25, 0.3) is 0 Å². The minimum Gasteiger partial charge on any atom is -0.376 e. The van der Waals surface area contributed by atoms with Gasteiger partial charge < -0.3 is 15.0 Å². The molecule has 6 heteroatoms. The third-order valence-electron chi connectivity index (χ3n) is 4.55. The molecule has 1 aromatic rings. The van der Waals surface area contributed by atoms with Gasteiger partial charge in [-0.3, -0.25) is 9.59 Å². The Morgan fingerprint density at radius 2 is 2.30 bits per heavy atom. The molecule has 23 heavy (non-hydrogen) atoms. The molecule has 2 fully saturated rings. The van der Waals surface area contributed by atoms with Gasteiger partial charge in [0.25, 0.3) is 0 Å². The summed E-state index contributed by atoms with van der Waals surface area (Å²) in [5.74, 6) is -0.425. The van der Waals surface area contributed by atoms with E-state index in [4.69, 9.17) is 16.3 Å². The highest BCUT2D eigenvalue weighted by Gasteiger charge is 2.36. The molecular weight excluding hydrogens is 316 g/mol. The number of ether oxygens (including phenoxy) is 1. The Bertz CT molecular complexity index is 614. The number of carbonyl (C=O) groups is 2. The molecule has 0 aliphatic carbocycles. The van der Waals surface area contributed by atoms with Gasteiger partial charge in [-0.15, -0.1) is 0 Å². The fraction of sp³-hybridized carbons (Fsp3) is 0.529. The monoisotopic (exact) mass is 336 g/mol. The van der Waals surface area contributed by atoms with E-state index in [1.807, 2.05) is 19.1 Å². The molecule has 0 bridgehead atoms. The minimum atomic E-state index is -0.317. The van der Waals surface area contributed by atoms with Crippen molar-refractivity contribution in [2.45, 2.75) is 32.3 Å². The number of hydrogen-bond acceptors (Lipinski definition) is 3. The molecule has 1 aromatic carbocycles. The quantitative estimate of drug-likeness (QED) is 0.917. The highest BCUT2D eigenvalue weighted by atomic mass is 35.5. The second-order valence-corrected chi connectivity index (χ2v) is 6.58. The van der Waals surface area contributed by atoms with Crippen molar-refractivity contribution in [1.82, 2.24) is 5.32 Å². The van der Waals surface area contributed by atoms with Crippen LogP contribution < -0.4 is 10.2 Å². The molecule has 3 rings (SSSR count). The Morgan fingerprint density at radius 1 is 1.48 bits per heavy atom. The molecule has 2 aliphatic rings. The van der Waals surface area contributed by atoms with Gasteiger partial charge in [0, 0.05) is 36.8 Å². The number of rotatable bonds is 4. The molecule has 2 saturated heterocycles. The van der Waals surface area contributed by atoms with Gasteiger partial charge in [-0.25, -0.2) is 0 Å². The average Bonchev–Trinajstić information content (AvgIpc) is 3.17. The zero-order valence-corrected chi connectivity index (χ0v) is 13.9. The Kier molecular flexibility index (Phi) is 4.87. The smallest absolute Gasteiger partial charge is 0.227 e. The number of halogens is 1. The summed E-state index contributed by atoms with van der Waals surface area (Å²) in [6.07, 6.45) is 2.38. The van der Waals surface area contributed by atoms with Crippen LogP contribution in [0.15, 0.2) is 18.2 Å². The van der Waals surface area contributed by atoms with Crippen LogP contribution in [0.2, 0.25) is 5.02 Å². The molecular formula is C17H21ClN2O3. The number of anilines is 1. The second kappa shape index (κ2) is 6.89. The number of amides is 2. The third-order valence-corrected chi connectivity index (χ3v) is 4.96. The van der Waals surface area contributed by atoms with Crippen molar-refractivity contribution in [3.8, 4) is 0 Å². The summed E-state index contributed by atoms with van der Waals surface area (Å²) in [5, 5.41) is 3.54. The fourth-order valence-corrected chi connectivity index (χ4v) is 3.34. The number of carbonyl (C=O) groups excluding carboxylic acids is 2. The minimum absolute atomic E-state index is 0.0346. The summed E-state index contributed by atoms with van der Waals surface area (Å²) in [6, 6.07) is 5.49. The van der Waals surface area contributed by atoms with E-state index in [0.29, 0.717) is 18.1 Å². The molecule has 0 unspecified atom stereocenters. The standard InChI is InChI=1S/C17H21ClN2O3/c1-11-14(18)5-2-6-15(11)20-10-12(8-16(20)21)17(22)19-9-13-4-3-7-23-13/h2,5-6,12-13H,3-4,7-10H2,1H3,(H,19,22)/t12-,13-/m1/s1. The highest BCUT2D eigenvalue weighted by molar-refractivity contribution is 6.31. The predicted octanol–water partition coefficient (Wildman–Crippen LogP) is 2.30. The molecule has 2 atom stereocenters. The Balaban J connectivity index is 1.62. The van der Waals surface area contributed by atoms with Crippen molar-refractivity contribution in [2.24, 2.45) is 5.92 Å². The Morgan fingerprint density at radius 3 is 3.04 bits per heavy atom. The fourth-order valence-electron chi connectivity index (χ4n) is 3.17. The topological polar surface area (TPSA) is 58.6 Å². The molecule has 0 saturated carbocycles. The van der Waals surface area contributed by atoms with Gasteiger partial charge >= 0.3 is 0 Å². The summed E-state index contributed by atoms with van der Waals surface area (Å²) in [7, 11) is 0. The zero-order valence-electron chi connectivity index (χ0n) is 13.2. The van der Waals surface area contributed by atoms with Crippen LogP contribution in [0.4, 0.5) is 5.69 Å². The van der Waals surface area contributed by atoms with Gasteiger partial charge in [-0.05, 0) is 37.5 Å². The summed E-state index contributed by atoms with van der Waals surface area (Å²) in [4.78, 5) is 26.3. The van der Waals surface area contributed by atoms with Crippen molar-refractivity contribution >= 4 is 29.1 Å². The molecule has 2 amide bonds. The molecule has 0 radical (unpaired) electrons. The first-order valence-corrected chi connectivity index (χ1v) is 8.39. The first kappa shape index (κ1) is 16.3. The Hall–Kier alpha value is -1.59. The first-order chi connectivity index (χ1) is 11.1. The highest BCUT2D eigenvalue weighted by Crippen LogP contribution is 2.31. The maximum Gasteiger partial charge on any atom is 0.227 e. The van der Waals surface area contributed by atoms with E-state index in [0.717, 1.165) is 30.7 Å². The third kappa shape index (κ3) is 3.51. The van der Waals surface area contributed by atoms with Crippen LogP contribution in [-0.2, 0) is 14.3 Å². The lowest BCUT2D eigenvalue weighted by atomic mass is 10.1. The van der Waals surface area contributed by atoms with Crippen LogP contribution in [-0.4, -0.2) is 37.6 Å². The lowest BCUT2D eigenvalue weighted by Crippen LogP contribution is -2.37. The van der Waals surface area contributed by atoms with Gasteiger partial charge in [-0.1, -0.05) is 17.7 Å². The Labute approximate surface area is 140 Å². The van der Waals surface area contributed by atoms with E-state index >= 15 is 0 Å². The normalized spacial score (nSPS) is 24.3. The van der Waals surface area contributed by atoms with Crippen molar-refractivity contribution in [3.63, 3.8) is 0 Å². The van der Waals surface area contributed by atoms with E-state index in [9.17, 15) is 9.59 Å². The van der Waals surface area contributed by atoms with E-state index < -0.39 is 0 Å². The predicted molar refractivity (Wildman–Crippen MR) is 88.6 cm³/mol. The van der Waals surface area contributed by atoms with E-state index in [-0.39, 0.29) is 30.3 Å². The van der Waals surface area contributed by atoms with Crippen LogP contribution in [0.5, 0.6) is 0 Å². The molecule has 2 aliphatic heterocycles. The summed E-state index contributed by atoms with van der Waals surface area (Å²) < 4.78 is 5.50. The summed E-state index contributed by atoms with van der Waals surface area (Å²) in [5.41, 5.74) is 1.65. The summed E-state index contributed by atoms with van der Waals surface area (Å²) in [6.45, 7) is 3.58. The molecule has 0 spiro atoms. The average molecular weight is 337 g/mol. The van der Waals surface area contributed by atoms with Crippen LogP contribution in [0.1, 0.15) is 24.8 Å². The van der Waals surface area contributed by atoms with Gasteiger partial charge in [0.2, 0.25) is 11.8 Å². The number of nitrogens with one attached hydrogen (secondary N) is 1. The zero-order chi connectivity index (χ0) is 16.4. The number of hydrogen-bond donors (Lipinski definition) is 1. The summed E-state index contributed by atoms with van der Waals surface area (Å²) >= 11 is 6.13. The van der Waals surface area contributed by atoms with Gasteiger partial charge in [-0.2, -0.15) is 0 Å². The van der Waals surface area contributed by atoms with Crippen molar-refractivity contribution in [3.05, 3.63) is 28.8 Å². The molecule has 2 heterocycles. The maximum absolute atomic E-state index is 12.3. The largest absolute Gasteiger partial charge is 0.376 e. The molecule has 0 aromatic heterocycles. The molecule has 5 nitrogen and oxygen atoms in total. The van der Waals surface area contributed by atoms with Crippen molar-refractivity contribution in [2.75, 3.05) is 24.6 Å². The van der Waals surface area contributed by atoms with Crippen molar-refractivity contribution in [1.29, 1.82) is 0 Å². The SMILES string of the molecule is Cc1c(Cl)cccc1N1C[C@H](C(=O)NC[C@H]2CCCO2)CC1=O. The lowest BCUT2D eigenvalue weighted by molar-refractivity contribution is -0.126. The van der Waals surface area contributed by atoms with Crippen LogP contribution in [0.3, 0.4) is 0 Å². The molecule has 124 valence electrons. The van der Waals surface area contributed by atoms with Gasteiger partial charge in [0.05, 0.1) is 12.0 Å². The maximum atomic E-state index is 12.3.